The molecule has 25 heavy (non-hydrogen) atoms. The van der Waals surface area contributed by atoms with Crippen LogP contribution in [0.2, 0.25) is 0 Å². The predicted molar refractivity (Wildman–Crippen MR) is 97.0 cm³/mol. The van der Waals surface area contributed by atoms with Gasteiger partial charge in [-0.1, -0.05) is 51.1 Å². The summed E-state index contributed by atoms with van der Waals surface area (Å²) in [5.74, 6) is 1.60. The van der Waals surface area contributed by atoms with E-state index in [-0.39, 0.29) is 17.4 Å². The molecule has 1 saturated heterocycles. The minimum Gasteiger partial charge on any atom is -0.444 e. The van der Waals surface area contributed by atoms with Gasteiger partial charge in [-0.25, -0.2) is 4.98 Å². The summed E-state index contributed by atoms with van der Waals surface area (Å²) in [6.07, 6.45) is 3.95. The molecule has 0 saturated carbocycles. The fraction of sp³-hybridized carbons (Fsp3) is 0.500. The summed E-state index contributed by atoms with van der Waals surface area (Å²) in [6.45, 7) is 8.39. The first-order valence-electron chi connectivity index (χ1n) is 8.97. The summed E-state index contributed by atoms with van der Waals surface area (Å²) >= 11 is 0. The maximum atomic E-state index is 12.9. The van der Waals surface area contributed by atoms with Gasteiger partial charge in [0.2, 0.25) is 11.8 Å². The number of benzene rings is 1. The highest BCUT2D eigenvalue weighted by molar-refractivity contribution is 5.83. The quantitative estimate of drug-likeness (QED) is 0.905. The summed E-state index contributed by atoms with van der Waals surface area (Å²) in [4.78, 5) is 19.2. The van der Waals surface area contributed by atoms with Crippen molar-refractivity contribution in [1.29, 1.82) is 0 Å². The average Bonchev–Trinajstić information content (AvgIpc) is 3.27. The maximum Gasteiger partial charge on any atom is 0.244 e. The van der Waals surface area contributed by atoms with E-state index in [1.54, 1.807) is 6.20 Å². The van der Waals surface area contributed by atoms with Crippen LogP contribution in [0.15, 0.2) is 40.9 Å². The Labute approximate surface area is 149 Å². The largest absolute Gasteiger partial charge is 0.444 e. The van der Waals surface area contributed by atoms with Crippen LogP contribution in [0.3, 0.4) is 0 Å². The molecule has 1 aromatic heterocycles. The Morgan fingerprint density at radius 3 is 2.52 bits per heavy atom. The number of carbonyl (C=O) groups excluding carboxylic acids is 1. The van der Waals surface area contributed by atoms with Crippen LogP contribution in [0.1, 0.15) is 56.9 Å². The van der Waals surface area contributed by atoms with E-state index in [9.17, 15) is 4.79 Å². The lowest BCUT2D eigenvalue weighted by Crippen LogP contribution is -2.39. The minimum atomic E-state index is -0.371. The average molecular weight is 341 g/mol. The molecule has 0 radical (unpaired) electrons. The Balaban J connectivity index is 1.73. The van der Waals surface area contributed by atoms with Gasteiger partial charge >= 0.3 is 0 Å². The van der Waals surface area contributed by atoms with E-state index in [2.05, 4.69) is 31.1 Å². The Kier molecular flexibility index (Phi) is 5.23. The summed E-state index contributed by atoms with van der Waals surface area (Å²) in [7, 11) is 0. The number of hydrogen-bond acceptors (Lipinski definition) is 4. The summed E-state index contributed by atoms with van der Waals surface area (Å²) in [5.41, 5.74) is 0.900. The van der Waals surface area contributed by atoms with Crippen molar-refractivity contribution in [2.24, 2.45) is 0 Å². The Bertz CT molecular complexity index is 697. The number of aromatic nitrogens is 1. The number of carbonyl (C=O) groups is 1. The van der Waals surface area contributed by atoms with Gasteiger partial charge in [0.05, 0.1) is 12.7 Å². The first-order valence-corrected chi connectivity index (χ1v) is 8.97. The molecule has 134 valence electrons. The topological polar surface area (TPSA) is 58.4 Å². The number of amides is 1. The van der Waals surface area contributed by atoms with Gasteiger partial charge in [-0.3, -0.25) is 10.1 Å². The van der Waals surface area contributed by atoms with Gasteiger partial charge in [0, 0.05) is 18.5 Å². The number of nitrogens with zero attached hydrogens (tertiary/aromatic N) is 2. The van der Waals surface area contributed by atoms with E-state index in [1.165, 1.54) is 0 Å². The fourth-order valence-corrected chi connectivity index (χ4v) is 3.04. The van der Waals surface area contributed by atoms with E-state index >= 15 is 0 Å². The molecule has 1 fully saturated rings. The van der Waals surface area contributed by atoms with Crippen molar-refractivity contribution < 1.29 is 9.21 Å². The van der Waals surface area contributed by atoms with Crippen molar-refractivity contribution in [3.05, 3.63) is 53.7 Å². The van der Waals surface area contributed by atoms with Crippen molar-refractivity contribution in [3.8, 4) is 0 Å². The third kappa shape index (κ3) is 4.28. The molecule has 0 unspecified atom stereocenters. The Hall–Kier alpha value is -2.14. The number of likely N-dealkylation sites (tertiary alicyclic amines) is 1. The third-order valence-corrected chi connectivity index (χ3v) is 4.55. The molecule has 0 bridgehead atoms. The molecule has 1 atom stereocenters. The monoisotopic (exact) mass is 341 g/mol. The molecule has 5 heteroatoms. The highest BCUT2D eigenvalue weighted by Gasteiger charge is 2.28. The molecule has 1 aliphatic heterocycles. The first kappa shape index (κ1) is 17.7. The van der Waals surface area contributed by atoms with Crippen LogP contribution in [0.5, 0.6) is 0 Å². The number of nitrogens with one attached hydrogen (secondary N) is 1. The fourth-order valence-electron chi connectivity index (χ4n) is 3.04. The summed E-state index contributed by atoms with van der Waals surface area (Å²) in [5, 5.41) is 3.35. The van der Waals surface area contributed by atoms with Gasteiger partial charge in [0.1, 0.15) is 11.8 Å². The molecular formula is C20H27N3O2. The van der Waals surface area contributed by atoms with Gasteiger partial charge in [-0.05, 0) is 18.4 Å². The second-order valence-corrected chi connectivity index (χ2v) is 7.63. The molecule has 1 N–H and O–H groups in total. The number of oxazole rings is 1. The third-order valence-electron chi connectivity index (χ3n) is 4.55. The molecular weight excluding hydrogens is 314 g/mol. The first-order chi connectivity index (χ1) is 11.9. The lowest BCUT2D eigenvalue weighted by Gasteiger charge is -2.24. The molecule has 2 heterocycles. The Morgan fingerprint density at radius 1 is 1.24 bits per heavy atom. The zero-order valence-electron chi connectivity index (χ0n) is 15.3. The maximum absolute atomic E-state index is 12.9. The van der Waals surface area contributed by atoms with Crippen LogP contribution in [-0.2, 0) is 16.8 Å². The van der Waals surface area contributed by atoms with E-state index in [0.29, 0.717) is 12.4 Å². The highest BCUT2D eigenvalue weighted by atomic mass is 16.4. The molecule has 3 rings (SSSR count). The van der Waals surface area contributed by atoms with E-state index < -0.39 is 0 Å². The van der Waals surface area contributed by atoms with Gasteiger partial charge in [0.25, 0.3) is 0 Å². The highest BCUT2D eigenvalue weighted by Crippen LogP contribution is 2.24. The lowest BCUT2D eigenvalue weighted by atomic mass is 9.94. The Morgan fingerprint density at radius 2 is 1.92 bits per heavy atom. The van der Waals surface area contributed by atoms with Crippen molar-refractivity contribution in [2.45, 2.75) is 51.6 Å². The van der Waals surface area contributed by atoms with E-state index in [1.807, 2.05) is 35.2 Å². The van der Waals surface area contributed by atoms with Crippen LogP contribution >= 0.6 is 0 Å². The van der Waals surface area contributed by atoms with Crippen molar-refractivity contribution in [3.63, 3.8) is 0 Å². The molecule has 0 aliphatic carbocycles. The molecule has 5 nitrogen and oxygen atoms in total. The van der Waals surface area contributed by atoms with Gasteiger partial charge < -0.3 is 9.32 Å². The van der Waals surface area contributed by atoms with Crippen LogP contribution in [0.25, 0.3) is 0 Å². The SMILES string of the molecule is CC(C)(C)c1cnc(CN[C@H](C(=O)N2CCCC2)c2ccccc2)o1. The van der Waals surface area contributed by atoms with E-state index in [0.717, 1.165) is 37.3 Å². The smallest absolute Gasteiger partial charge is 0.244 e. The van der Waals surface area contributed by atoms with Crippen LogP contribution < -0.4 is 5.32 Å². The number of rotatable bonds is 5. The van der Waals surface area contributed by atoms with Crippen LogP contribution in [-0.4, -0.2) is 28.9 Å². The molecule has 1 aliphatic rings. The van der Waals surface area contributed by atoms with Gasteiger partial charge in [-0.2, -0.15) is 0 Å². The van der Waals surface area contributed by atoms with Crippen molar-refractivity contribution >= 4 is 5.91 Å². The van der Waals surface area contributed by atoms with E-state index in [4.69, 9.17) is 4.42 Å². The lowest BCUT2D eigenvalue weighted by molar-refractivity contribution is -0.132. The molecule has 0 spiro atoms. The second kappa shape index (κ2) is 7.40. The minimum absolute atomic E-state index is 0.0740. The zero-order chi connectivity index (χ0) is 17.9. The summed E-state index contributed by atoms with van der Waals surface area (Å²) in [6, 6.07) is 9.49. The number of hydrogen-bond donors (Lipinski definition) is 1. The summed E-state index contributed by atoms with van der Waals surface area (Å²) < 4.78 is 5.84. The van der Waals surface area contributed by atoms with Crippen molar-refractivity contribution in [1.82, 2.24) is 15.2 Å². The zero-order valence-corrected chi connectivity index (χ0v) is 15.3. The predicted octanol–water partition coefficient (Wildman–Crippen LogP) is 3.43. The van der Waals surface area contributed by atoms with Crippen LogP contribution in [0, 0.1) is 0 Å². The van der Waals surface area contributed by atoms with Crippen LogP contribution in [0.4, 0.5) is 0 Å². The molecule has 1 amide bonds. The van der Waals surface area contributed by atoms with Crippen molar-refractivity contribution in [2.75, 3.05) is 13.1 Å². The van der Waals surface area contributed by atoms with Gasteiger partial charge in [0.15, 0.2) is 0 Å². The standard InChI is InChI=1S/C20H27N3O2/c1-20(2,3)16-13-21-17(25-16)14-22-18(15-9-5-4-6-10-15)19(24)23-11-7-8-12-23/h4-6,9-10,13,18,22H,7-8,11-12,14H2,1-3H3/t18-/m0/s1. The normalized spacial score (nSPS) is 16.2. The molecule has 2 aromatic rings. The second-order valence-electron chi connectivity index (χ2n) is 7.63. The van der Waals surface area contributed by atoms with Gasteiger partial charge in [-0.15, -0.1) is 0 Å². The molecule has 1 aromatic carbocycles.